The van der Waals surface area contributed by atoms with Gasteiger partial charge in [-0.2, -0.15) is 0 Å². The molecule has 0 aromatic carbocycles. The molecule has 0 spiro atoms. The summed E-state index contributed by atoms with van der Waals surface area (Å²) in [6, 6.07) is 4.22. The van der Waals surface area contributed by atoms with Crippen LogP contribution in [0, 0.1) is 0 Å². The van der Waals surface area contributed by atoms with Gasteiger partial charge in [0.25, 0.3) is 0 Å². The molecule has 1 rings (SSSR count). The number of hydrogen-bond donors (Lipinski definition) is 0. The number of methoxy groups -OCH3 is 1. The van der Waals surface area contributed by atoms with Gasteiger partial charge >= 0.3 is 0 Å². The number of aryl methyl sites for hydroxylation is 1. The predicted molar refractivity (Wildman–Crippen MR) is 54.1 cm³/mol. The summed E-state index contributed by atoms with van der Waals surface area (Å²) in [4.78, 5) is 0. The summed E-state index contributed by atoms with van der Waals surface area (Å²) in [5.74, 6) is 2.23. The van der Waals surface area contributed by atoms with E-state index in [1.54, 1.807) is 7.11 Å². The van der Waals surface area contributed by atoms with Gasteiger partial charge in [0.2, 0.25) is 0 Å². The molecule has 0 fully saturated rings. The van der Waals surface area contributed by atoms with E-state index in [2.05, 4.69) is 24.9 Å². The van der Waals surface area contributed by atoms with Crippen molar-refractivity contribution in [3.63, 3.8) is 0 Å². The third kappa shape index (κ3) is 2.83. The van der Waals surface area contributed by atoms with Crippen molar-refractivity contribution in [3.05, 3.63) is 23.5 Å². The van der Waals surface area contributed by atoms with Gasteiger partial charge in [-0.05, 0) is 38.5 Å². The minimum Gasteiger partial charge on any atom is -0.492 e. The number of unbranched alkanes of at least 4 members (excludes halogenated alkanes) is 1. The van der Waals surface area contributed by atoms with Crippen LogP contribution in [0.2, 0.25) is 0 Å². The number of rotatable bonds is 4. The molecule has 0 N–H and O–H groups in total. The highest BCUT2D eigenvalue weighted by Gasteiger charge is 1.93. The van der Waals surface area contributed by atoms with Gasteiger partial charge in [-0.25, -0.2) is 0 Å². The Morgan fingerprint density at radius 2 is 2.25 bits per heavy atom. The van der Waals surface area contributed by atoms with E-state index in [0.29, 0.717) is 0 Å². The lowest BCUT2D eigenvalue weighted by molar-refractivity contribution is 0.427. The monoisotopic (exact) mass is 182 g/mol. The second-order valence-corrected chi connectivity index (χ2v) is 3.77. The zero-order valence-corrected chi connectivity index (χ0v) is 8.60. The third-order valence-electron chi connectivity index (χ3n) is 1.83. The summed E-state index contributed by atoms with van der Waals surface area (Å²) in [7, 11) is 2.92. The summed E-state index contributed by atoms with van der Waals surface area (Å²) < 4.78 is 5.12. The Morgan fingerprint density at radius 1 is 1.42 bits per heavy atom. The highest BCUT2D eigenvalue weighted by atomic mass is 31.0. The van der Waals surface area contributed by atoms with Gasteiger partial charge in [-0.15, -0.1) is 0 Å². The molecule has 66 valence electrons. The lowest BCUT2D eigenvalue weighted by Gasteiger charge is -2.01. The van der Waals surface area contributed by atoms with Crippen molar-refractivity contribution >= 4 is 8.19 Å². The molecule has 0 saturated heterocycles. The molecule has 1 nitrogen and oxygen atoms in total. The molecule has 0 bridgehead atoms. The van der Waals surface area contributed by atoms with Gasteiger partial charge in [-0.1, -0.05) is 19.4 Å². The average molecular weight is 182 g/mol. The first-order valence-electron chi connectivity index (χ1n) is 4.35. The lowest BCUT2D eigenvalue weighted by Crippen LogP contribution is -1.83. The molecule has 1 aromatic rings. The standard InChI is InChI=1S/C10H15OP/c1-3-4-5-9-6-7-10(11-2)12-8-9/h6-8H,3-5H2,1-2H3. The van der Waals surface area contributed by atoms with E-state index in [0.717, 1.165) is 5.48 Å². The van der Waals surface area contributed by atoms with E-state index in [1.807, 2.05) is 0 Å². The largest absolute Gasteiger partial charge is 0.492 e. The topological polar surface area (TPSA) is 9.23 Å². The molecule has 0 saturated carbocycles. The Kier molecular flexibility index (Phi) is 4.10. The van der Waals surface area contributed by atoms with Crippen molar-refractivity contribution in [2.45, 2.75) is 26.2 Å². The second-order valence-electron chi connectivity index (χ2n) is 2.81. The Morgan fingerprint density at radius 3 is 2.75 bits per heavy atom. The quantitative estimate of drug-likeness (QED) is 0.691. The van der Waals surface area contributed by atoms with Crippen LogP contribution < -0.4 is 4.74 Å². The molecule has 1 aromatic heterocycles. The fourth-order valence-corrected chi connectivity index (χ4v) is 1.83. The fraction of sp³-hybridized carbons (Fsp3) is 0.500. The van der Waals surface area contributed by atoms with Crippen LogP contribution in [0.4, 0.5) is 0 Å². The summed E-state index contributed by atoms with van der Waals surface area (Å²) in [6.45, 7) is 2.22. The predicted octanol–water partition coefficient (Wildman–Crippen LogP) is 3.62. The van der Waals surface area contributed by atoms with Crippen molar-refractivity contribution in [2.24, 2.45) is 0 Å². The summed E-state index contributed by atoms with van der Waals surface area (Å²) in [5.41, 5.74) is 2.48. The molecule has 0 atom stereocenters. The SMILES string of the molecule is CCCCc1ccc(OC)pc1. The minimum absolute atomic E-state index is 1.04. The Balaban J connectivity index is 2.53. The van der Waals surface area contributed by atoms with Crippen LogP contribution in [-0.4, -0.2) is 7.11 Å². The van der Waals surface area contributed by atoms with Gasteiger partial charge in [0.15, 0.2) is 0 Å². The Labute approximate surface area is 75.9 Å². The molecular formula is C10H15OP. The van der Waals surface area contributed by atoms with Crippen LogP contribution in [0.5, 0.6) is 5.48 Å². The molecule has 0 aliphatic heterocycles. The smallest absolute Gasteiger partial charge is 0.144 e. The van der Waals surface area contributed by atoms with E-state index < -0.39 is 0 Å². The Bertz CT molecular complexity index is 218. The highest BCUT2D eigenvalue weighted by Crippen LogP contribution is 2.24. The van der Waals surface area contributed by atoms with E-state index in [9.17, 15) is 0 Å². The zero-order valence-electron chi connectivity index (χ0n) is 7.71. The van der Waals surface area contributed by atoms with Crippen LogP contribution in [0.25, 0.3) is 0 Å². The van der Waals surface area contributed by atoms with Crippen LogP contribution >= 0.6 is 8.19 Å². The van der Waals surface area contributed by atoms with Crippen molar-refractivity contribution in [2.75, 3.05) is 7.11 Å². The van der Waals surface area contributed by atoms with Gasteiger partial charge in [-0.3, -0.25) is 0 Å². The molecular weight excluding hydrogens is 167 g/mol. The van der Waals surface area contributed by atoms with Gasteiger partial charge in [0.1, 0.15) is 5.48 Å². The Hall–Kier alpha value is -0.550. The van der Waals surface area contributed by atoms with Crippen molar-refractivity contribution in [1.82, 2.24) is 0 Å². The zero-order chi connectivity index (χ0) is 8.81. The van der Waals surface area contributed by atoms with E-state index >= 15 is 0 Å². The maximum absolute atomic E-state index is 5.12. The van der Waals surface area contributed by atoms with Crippen LogP contribution in [0.1, 0.15) is 25.3 Å². The van der Waals surface area contributed by atoms with Gasteiger partial charge in [0.05, 0.1) is 7.11 Å². The van der Waals surface area contributed by atoms with Crippen LogP contribution in [0.3, 0.4) is 0 Å². The molecule has 0 aliphatic carbocycles. The molecule has 12 heavy (non-hydrogen) atoms. The molecule has 1 heterocycles. The normalized spacial score (nSPS) is 10.5. The van der Waals surface area contributed by atoms with Gasteiger partial charge in [0, 0.05) is 0 Å². The highest BCUT2D eigenvalue weighted by molar-refractivity contribution is 7.31. The number of hydrogen-bond acceptors (Lipinski definition) is 1. The van der Waals surface area contributed by atoms with E-state index in [4.69, 9.17) is 4.74 Å². The minimum atomic E-state index is 1.04. The fourth-order valence-electron chi connectivity index (χ4n) is 1.06. The molecule has 0 aliphatic rings. The van der Waals surface area contributed by atoms with Crippen molar-refractivity contribution in [3.8, 4) is 5.48 Å². The molecule has 0 unspecified atom stereocenters. The third-order valence-corrected chi connectivity index (χ3v) is 2.87. The van der Waals surface area contributed by atoms with Crippen LogP contribution in [-0.2, 0) is 6.42 Å². The lowest BCUT2D eigenvalue weighted by atomic mass is 10.1. The van der Waals surface area contributed by atoms with E-state index in [1.165, 1.54) is 33.0 Å². The number of ether oxygens (including phenoxy) is 1. The molecule has 0 amide bonds. The van der Waals surface area contributed by atoms with Crippen molar-refractivity contribution in [1.29, 1.82) is 0 Å². The van der Waals surface area contributed by atoms with E-state index in [-0.39, 0.29) is 0 Å². The second kappa shape index (κ2) is 5.16. The summed E-state index contributed by atoms with van der Waals surface area (Å²) in [5, 5.41) is 0. The maximum atomic E-state index is 5.12. The summed E-state index contributed by atoms with van der Waals surface area (Å²) >= 11 is 0. The summed E-state index contributed by atoms with van der Waals surface area (Å²) in [6.07, 6.45) is 3.76. The first-order chi connectivity index (χ1) is 5.86. The average Bonchev–Trinajstić information content (AvgIpc) is 2.15. The first-order valence-corrected chi connectivity index (χ1v) is 5.32. The maximum Gasteiger partial charge on any atom is 0.144 e. The van der Waals surface area contributed by atoms with Crippen molar-refractivity contribution < 1.29 is 4.74 Å². The van der Waals surface area contributed by atoms with Gasteiger partial charge < -0.3 is 4.74 Å². The first kappa shape index (κ1) is 9.54. The molecule has 2 heteroatoms. The molecule has 0 radical (unpaired) electrons. The van der Waals surface area contributed by atoms with Crippen LogP contribution in [0.15, 0.2) is 17.9 Å².